The van der Waals surface area contributed by atoms with E-state index in [1.807, 2.05) is 6.07 Å². The number of aromatic nitrogens is 3. The van der Waals surface area contributed by atoms with Crippen LogP contribution in [0.4, 0.5) is 0 Å². The lowest BCUT2D eigenvalue weighted by molar-refractivity contribution is 0.661. The van der Waals surface area contributed by atoms with Gasteiger partial charge in [0, 0.05) is 38.4 Å². The Balaban J connectivity index is 1.15. The fraction of sp³-hybridized carbons (Fsp3) is 0.0870. The van der Waals surface area contributed by atoms with Gasteiger partial charge in [-0.15, -0.1) is 0 Å². The number of benzene rings is 7. The molecule has 2 heterocycles. The molecule has 2 aromatic heterocycles. The average molecular weight is 628 g/mol. The fourth-order valence-corrected chi connectivity index (χ4v) is 8.22. The first-order valence-electron chi connectivity index (χ1n) is 17.0. The molecule has 0 radical (unpaired) electrons. The molecule has 1 aliphatic carbocycles. The maximum absolute atomic E-state index is 5.15. The molecule has 0 atom stereocenters. The van der Waals surface area contributed by atoms with E-state index in [-0.39, 0.29) is 5.41 Å². The second kappa shape index (κ2) is 10.2. The average Bonchev–Trinajstić information content (AvgIpc) is 3.58. The van der Waals surface area contributed by atoms with Crippen LogP contribution in [0.5, 0.6) is 0 Å². The largest absolute Gasteiger partial charge is 0.309 e. The van der Waals surface area contributed by atoms with Crippen molar-refractivity contribution in [3.05, 3.63) is 162 Å². The lowest BCUT2D eigenvalue weighted by Gasteiger charge is -2.22. The summed E-state index contributed by atoms with van der Waals surface area (Å²) in [6.07, 6.45) is 0. The van der Waals surface area contributed by atoms with Gasteiger partial charge in [-0.3, -0.25) is 0 Å². The van der Waals surface area contributed by atoms with Crippen molar-refractivity contribution in [1.29, 1.82) is 0 Å². The molecule has 3 nitrogen and oxygen atoms in total. The molecule has 0 N–H and O–H groups in total. The Kier molecular flexibility index (Phi) is 5.84. The quantitative estimate of drug-likeness (QED) is 0.195. The highest BCUT2D eigenvalue weighted by molar-refractivity contribution is 6.13. The number of hydrogen-bond acceptors (Lipinski definition) is 2. The van der Waals surface area contributed by atoms with Crippen LogP contribution in [0.25, 0.3) is 82.9 Å². The molecule has 10 rings (SSSR count). The summed E-state index contributed by atoms with van der Waals surface area (Å²) in [6, 6.07) is 52.7. The molecule has 9 aromatic rings. The van der Waals surface area contributed by atoms with Crippen LogP contribution in [0.15, 0.2) is 146 Å². The first-order valence-corrected chi connectivity index (χ1v) is 17.0. The molecule has 0 amide bonds. The van der Waals surface area contributed by atoms with Crippen molar-refractivity contribution in [2.75, 3.05) is 0 Å². The smallest absolute Gasteiger partial charge is 0.160 e. The molecule has 232 valence electrons. The molecule has 1 aliphatic rings. The molecular weight excluding hydrogens is 595 g/mol. The Bertz CT molecular complexity index is 2800. The van der Waals surface area contributed by atoms with E-state index >= 15 is 0 Å². The summed E-state index contributed by atoms with van der Waals surface area (Å²) in [7, 11) is 0. The van der Waals surface area contributed by atoms with E-state index in [1.54, 1.807) is 0 Å². The van der Waals surface area contributed by atoms with Crippen LogP contribution >= 0.6 is 0 Å². The van der Waals surface area contributed by atoms with Gasteiger partial charge in [-0.25, -0.2) is 9.97 Å². The summed E-state index contributed by atoms with van der Waals surface area (Å²) in [5, 5.41) is 6.21. The van der Waals surface area contributed by atoms with Crippen molar-refractivity contribution in [2.45, 2.75) is 26.2 Å². The molecule has 49 heavy (non-hydrogen) atoms. The zero-order chi connectivity index (χ0) is 32.9. The predicted molar refractivity (Wildman–Crippen MR) is 205 cm³/mol. The number of nitrogens with zero attached hydrogens (tertiary/aromatic N) is 3. The fourth-order valence-electron chi connectivity index (χ4n) is 8.22. The summed E-state index contributed by atoms with van der Waals surface area (Å²) >= 11 is 0. The number of aryl methyl sites for hydroxylation is 1. The van der Waals surface area contributed by atoms with Gasteiger partial charge in [-0.1, -0.05) is 110 Å². The molecular formula is C46H33N3. The van der Waals surface area contributed by atoms with Crippen LogP contribution in [0.3, 0.4) is 0 Å². The van der Waals surface area contributed by atoms with Gasteiger partial charge in [0.1, 0.15) is 0 Å². The maximum atomic E-state index is 5.15. The third kappa shape index (κ3) is 4.09. The minimum Gasteiger partial charge on any atom is -0.309 e. The van der Waals surface area contributed by atoms with Gasteiger partial charge in [0.05, 0.1) is 22.2 Å². The highest BCUT2D eigenvalue weighted by atomic mass is 15.0. The summed E-state index contributed by atoms with van der Waals surface area (Å²) < 4.78 is 2.42. The van der Waals surface area contributed by atoms with Crippen molar-refractivity contribution in [1.82, 2.24) is 14.5 Å². The molecule has 3 heteroatoms. The lowest BCUT2D eigenvalue weighted by Crippen LogP contribution is -2.15. The number of rotatable bonds is 3. The maximum Gasteiger partial charge on any atom is 0.160 e. The van der Waals surface area contributed by atoms with Crippen molar-refractivity contribution in [3.8, 4) is 39.5 Å². The summed E-state index contributed by atoms with van der Waals surface area (Å²) in [5.74, 6) is 0.730. The Morgan fingerprint density at radius 3 is 2.12 bits per heavy atom. The number of fused-ring (bicyclic) bond motifs is 9. The second-order valence-electron chi connectivity index (χ2n) is 13.9. The van der Waals surface area contributed by atoms with E-state index in [0.717, 1.165) is 39.2 Å². The van der Waals surface area contributed by atoms with Gasteiger partial charge >= 0.3 is 0 Å². The zero-order valence-corrected chi connectivity index (χ0v) is 27.7. The van der Waals surface area contributed by atoms with Crippen LogP contribution in [0.1, 0.15) is 30.5 Å². The van der Waals surface area contributed by atoms with E-state index in [4.69, 9.17) is 9.97 Å². The van der Waals surface area contributed by atoms with Gasteiger partial charge in [-0.2, -0.15) is 0 Å². The van der Waals surface area contributed by atoms with Gasteiger partial charge < -0.3 is 4.57 Å². The molecule has 0 saturated heterocycles. The number of para-hydroxylation sites is 2. The van der Waals surface area contributed by atoms with E-state index in [1.165, 1.54) is 60.4 Å². The van der Waals surface area contributed by atoms with Gasteiger partial charge in [0.2, 0.25) is 0 Å². The van der Waals surface area contributed by atoms with Crippen LogP contribution in [0.2, 0.25) is 0 Å². The SMILES string of the molecule is Cc1cccc(-c2nc(-c3ccc(-n4c5ccccc5c5cc6c(cc54)C(C)(C)c4ccc5ccccc5c4-6)cc3)nc3ccccc23)c1. The lowest BCUT2D eigenvalue weighted by atomic mass is 9.82. The normalized spacial score (nSPS) is 13.4. The molecule has 7 aromatic carbocycles. The Morgan fingerprint density at radius 2 is 1.29 bits per heavy atom. The highest BCUT2D eigenvalue weighted by Gasteiger charge is 2.37. The zero-order valence-electron chi connectivity index (χ0n) is 27.7. The minimum absolute atomic E-state index is 0.115. The Hall–Kier alpha value is -6.06. The first kappa shape index (κ1) is 28.0. The summed E-state index contributed by atoms with van der Waals surface area (Å²) in [5.41, 5.74) is 14.1. The molecule has 0 aliphatic heterocycles. The van der Waals surface area contributed by atoms with Gasteiger partial charge in [0.25, 0.3) is 0 Å². The van der Waals surface area contributed by atoms with Crippen LogP contribution < -0.4 is 0 Å². The minimum atomic E-state index is -0.115. The first-order chi connectivity index (χ1) is 24.0. The second-order valence-corrected chi connectivity index (χ2v) is 13.9. The molecule has 0 fully saturated rings. The van der Waals surface area contributed by atoms with E-state index in [9.17, 15) is 0 Å². The monoisotopic (exact) mass is 627 g/mol. The van der Waals surface area contributed by atoms with Gasteiger partial charge in [0.15, 0.2) is 5.82 Å². The molecule has 0 bridgehead atoms. The van der Waals surface area contributed by atoms with Crippen LogP contribution in [-0.2, 0) is 5.41 Å². The molecule has 0 unspecified atom stereocenters. The Morgan fingerprint density at radius 1 is 0.531 bits per heavy atom. The summed E-state index contributed by atoms with van der Waals surface area (Å²) in [6.45, 7) is 6.86. The topological polar surface area (TPSA) is 30.7 Å². The van der Waals surface area contributed by atoms with E-state index in [0.29, 0.717) is 0 Å². The molecule has 0 saturated carbocycles. The van der Waals surface area contributed by atoms with Crippen molar-refractivity contribution < 1.29 is 0 Å². The van der Waals surface area contributed by atoms with Crippen molar-refractivity contribution in [3.63, 3.8) is 0 Å². The summed E-state index contributed by atoms with van der Waals surface area (Å²) in [4.78, 5) is 10.2. The van der Waals surface area contributed by atoms with Crippen LogP contribution in [-0.4, -0.2) is 14.5 Å². The Labute approximate surface area is 285 Å². The predicted octanol–water partition coefficient (Wildman–Crippen LogP) is 11.8. The molecule has 0 spiro atoms. The van der Waals surface area contributed by atoms with E-state index < -0.39 is 0 Å². The standard InChI is InChI=1S/C46H33N3/c1-28-11-10-13-31(25-28)44-35-16-6-8-17-40(35)47-45(48-44)30-19-22-32(23-20-30)49-41-18-9-7-15-34(41)36-26-37-39(27-42(36)49)46(2,3)38-24-21-29-12-4-5-14-33(29)43(37)38/h4-27H,1-3H3. The van der Waals surface area contributed by atoms with E-state index in [2.05, 4.69) is 165 Å². The van der Waals surface area contributed by atoms with Crippen LogP contribution in [0, 0.1) is 6.92 Å². The third-order valence-electron chi connectivity index (χ3n) is 10.6. The number of hydrogen-bond donors (Lipinski definition) is 0. The van der Waals surface area contributed by atoms with Crippen molar-refractivity contribution in [2.24, 2.45) is 0 Å². The van der Waals surface area contributed by atoms with Crippen molar-refractivity contribution >= 4 is 43.5 Å². The highest BCUT2D eigenvalue weighted by Crippen LogP contribution is 2.53. The van der Waals surface area contributed by atoms with Gasteiger partial charge in [-0.05, 0) is 94.5 Å². The third-order valence-corrected chi connectivity index (χ3v) is 10.6.